The molecule has 164 valence electrons. The maximum Gasteiger partial charge on any atom is 0.336 e. The fourth-order valence-electron chi connectivity index (χ4n) is 3.74. The topological polar surface area (TPSA) is 155 Å². The van der Waals surface area contributed by atoms with Gasteiger partial charge in [0, 0.05) is 11.4 Å². The third-order valence-electron chi connectivity index (χ3n) is 5.05. The lowest BCUT2D eigenvalue weighted by Gasteiger charge is -2.45. The molecule has 10 nitrogen and oxygen atoms in total. The van der Waals surface area contributed by atoms with Crippen molar-refractivity contribution in [3.8, 4) is 0 Å². The summed E-state index contributed by atoms with van der Waals surface area (Å²) in [6.45, 7) is 5.98. The molecular formula is C19H29NO9. The van der Waals surface area contributed by atoms with Gasteiger partial charge in [0.05, 0.1) is 43.0 Å². The Morgan fingerprint density at radius 3 is 1.83 bits per heavy atom. The van der Waals surface area contributed by atoms with Crippen LogP contribution in [0.4, 0.5) is 0 Å². The van der Waals surface area contributed by atoms with E-state index in [1.54, 1.807) is 27.7 Å². The lowest BCUT2D eigenvalue weighted by Crippen LogP contribution is -2.61. The second kappa shape index (κ2) is 9.68. The zero-order valence-electron chi connectivity index (χ0n) is 16.9. The van der Waals surface area contributed by atoms with E-state index in [2.05, 4.69) is 5.32 Å². The normalized spacial score (nSPS) is 30.8. The van der Waals surface area contributed by atoms with Crippen LogP contribution in [-0.2, 0) is 23.8 Å². The van der Waals surface area contributed by atoms with Crippen LogP contribution in [0, 0.1) is 5.92 Å². The van der Waals surface area contributed by atoms with Crippen LogP contribution in [0.5, 0.6) is 0 Å². The minimum atomic E-state index is -1.66. The Kier molecular flexibility index (Phi) is 7.78. The van der Waals surface area contributed by atoms with Crippen LogP contribution in [0.15, 0.2) is 22.5 Å². The Labute approximate surface area is 168 Å². The second-order valence-electron chi connectivity index (χ2n) is 6.91. The van der Waals surface area contributed by atoms with Gasteiger partial charge in [-0.3, -0.25) is 0 Å². The van der Waals surface area contributed by atoms with Gasteiger partial charge in [-0.1, -0.05) is 0 Å². The number of aliphatic hydroxyl groups excluding tert-OH is 4. The lowest BCUT2D eigenvalue weighted by molar-refractivity contribution is -0.236. The molecule has 29 heavy (non-hydrogen) atoms. The van der Waals surface area contributed by atoms with Crippen molar-refractivity contribution in [3.63, 3.8) is 0 Å². The average Bonchev–Trinajstić information content (AvgIpc) is 2.66. The molecule has 1 fully saturated rings. The highest BCUT2D eigenvalue weighted by atomic mass is 16.6. The summed E-state index contributed by atoms with van der Waals surface area (Å²) in [5.41, 5.74) is 0.835. The van der Waals surface area contributed by atoms with E-state index >= 15 is 0 Å². The average molecular weight is 415 g/mol. The molecule has 2 aliphatic rings. The van der Waals surface area contributed by atoms with Crippen molar-refractivity contribution >= 4 is 11.9 Å². The van der Waals surface area contributed by atoms with Crippen LogP contribution >= 0.6 is 0 Å². The van der Waals surface area contributed by atoms with Crippen molar-refractivity contribution in [1.29, 1.82) is 0 Å². The summed E-state index contributed by atoms with van der Waals surface area (Å²) in [7, 11) is 0. The third-order valence-corrected chi connectivity index (χ3v) is 5.05. The standard InChI is InChI=1S/C19H29NO9/c1-5-27-18(25)11-8(3)20-9(4)12(19(26)28-6-2)13(11)17-16(24)15(23)14(22)10(7-21)29-17/h10,13-17,20-24H,5-7H2,1-4H3/t10-,14-,15+,16+,17+/m1/s1. The van der Waals surface area contributed by atoms with Crippen molar-refractivity contribution in [2.75, 3.05) is 19.8 Å². The Morgan fingerprint density at radius 2 is 1.41 bits per heavy atom. The molecule has 5 atom stereocenters. The van der Waals surface area contributed by atoms with Gasteiger partial charge in [-0.05, 0) is 27.7 Å². The van der Waals surface area contributed by atoms with Gasteiger partial charge < -0.3 is 40.0 Å². The van der Waals surface area contributed by atoms with Gasteiger partial charge >= 0.3 is 11.9 Å². The summed E-state index contributed by atoms with van der Waals surface area (Å²) in [5, 5.41) is 43.4. The predicted molar refractivity (Wildman–Crippen MR) is 99.1 cm³/mol. The van der Waals surface area contributed by atoms with Crippen molar-refractivity contribution in [2.24, 2.45) is 5.92 Å². The first kappa shape index (κ1) is 23.3. The number of nitrogens with one attached hydrogen (secondary N) is 1. The van der Waals surface area contributed by atoms with Crippen LogP contribution in [-0.4, -0.2) is 82.7 Å². The van der Waals surface area contributed by atoms with Crippen molar-refractivity contribution in [3.05, 3.63) is 22.5 Å². The number of hydrogen-bond acceptors (Lipinski definition) is 10. The van der Waals surface area contributed by atoms with E-state index in [9.17, 15) is 30.0 Å². The van der Waals surface area contributed by atoms with Crippen LogP contribution in [0.25, 0.3) is 0 Å². The quantitative estimate of drug-likeness (QED) is 0.331. The number of dihydropyridines is 1. The van der Waals surface area contributed by atoms with Crippen LogP contribution in [0.2, 0.25) is 0 Å². The molecule has 1 saturated heterocycles. The van der Waals surface area contributed by atoms with Crippen molar-refractivity contribution < 1.29 is 44.2 Å². The van der Waals surface area contributed by atoms with E-state index in [1.807, 2.05) is 0 Å². The van der Waals surface area contributed by atoms with Crippen LogP contribution in [0.3, 0.4) is 0 Å². The number of allylic oxidation sites excluding steroid dienone is 2. The molecule has 0 amide bonds. The van der Waals surface area contributed by atoms with E-state index in [0.29, 0.717) is 11.4 Å². The zero-order valence-corrected chi connectivity index (χ0v) is 16.9. The minimum Gasteiger partial charge on any atom is -0.463 e. The minimum absolute atomic E-state index is 0.0323. The lowest BCUT2D eigenvalue weighted by atomic mass is 9.76. The van der Waals surface area contributed by atoms with E-state index in [1.165, 1.54) is 0 Å². The summed E-state index contributed by atoms with van der Waals surface area (Å²) in [6.07, 6.45) is -7.39. The molecule has 0 aromatic carbocycles. The molecule has 10 heteroatoms. The molecule has 5 N–H and O–H groups in total. The summed E-state index contributed by atoms with van der Waals surface area (Å²) >= 11 is 0. The first-order valence-corrected chi connectivity index (χ1v) is 9.52. The molecule has 2 heterocycles. The Hall–Kier alpha value is -1.98. The number of ether oxygens (including phenoxy) is 3. The van der Waals surface area contributed by atoms with Gasteiger partial charge in [0.1, 0.15) is 24.4 Å². The SMILES string of the molecule is CCOC(=O)C1=C(C)NC(C)=C(C(=O)OCC)C1[C@@H]1O[C@H](CO)[C@@H](O)[C@H](O)[C@@H]1O. The molecular weight excluding hydrogens is 386 g/mol. The maximum absolute atomic E-state index is 12.7. The van der Waals surface area contributed by atoms with Gasteiger partial charge in [0.25, 0.3) is 0 Å². The fourth-order valence-corrected chi connectivity index (χ4v) is 3.74. The highest BCUT2D eigenvalue weighted by Gasteiger charge is 2.52. The van der Waals surface area contributed by atoms with Gasteiger partial charge in [0.2, 0.25) is 0 Å². The molecule has 0 radical (unpaired) electrons. The molecule has 0 aromatic heterocycles. The van der Waals surface area contributed by atoms with Gasteiger partial charge in [-0.15, -0.1) is 0 Å². The number of carbonyl (C=O) groups is 2. The maximum atomic E-state index is 12.7. The predicted octanol–water partition coefficient (Wildman–Crippen LogP) is -1.28. The van der Waals surface area contributed by atoms with E-state index in [-0.39, 0.29) is 24.4 Å². The third kappa shape index (κ3) is 4.46. The number of esters is 2. The first-order valence-electron chi connectivity index (χ1n) is 9.52. The Balaban J connectivity index is 2.60. The Bertz CT molecular complexity index is 660. The monoisotopic (exact) mass is 415 g/mol. The summed E-state index contributed by atoms with van der Waals surface area (Å²) in [5.74, 6) is -2.61. The zero-order chi connectivity index (χ0) is 21.9. The number of rotatable bonds is 6. The Morgan fingerprint density at radius 1 is 0.931 bits per heavy atom. The molecule has 0 unspecified atom stereocenters. The van der Waals surface area contributed by atoms with Gasteiger partial charge in [-0.25, -0.2) is 9.59 Å². The largest absolute Gasteiger partial charge is 0.463 e. The summed E-state index contributed by atoms with van der Waals surface area (Å²) in [6, 6.07) is 0. The summed E-state index contributed by atoms with van der Waals surface area (Å²) < 4.78 is 15.9. The number of aliphatic hydroxyl groups is 4. The van der Waals surface area contributed by atoms with Crippen LogP contribution in [0.1, 0.15) is 27.7 Å². The first-order chi connectivity index (χ1) is 13.7. The van der Waals surface area contributed by atoms with Crippen molar-refractivity contribution in [2.45, 2.75) is 58.2 Å². The van der Waals surface area contributed by atoms with E-state index in [4.69, 9.17) is 14.2 Å². The van der Waals surface area contributed by atoms with Gasteiger partial charge in [-0.2, -0.15) is 0 Å². The van der Waals surface area contributed by atoms with Crippen molar-refractivity contribution in [1.82, 2.24) is 5.32 Å². The molecule has 2 rings (SSSR count). The fraction of sp³-hybridized carbons (Fsp3) is 0.684. The molecule has 0 bridgehead atoms. The smallest absolute Gasteiger partial charge is 0.336 e. The molecule has 0 aliphatic carbocycles. The van der Waals surface area contributed by atoms with Gasteiger partial charge in [0.15, 0.2) is 0 Å². The van der Waals surface area contributed by atoms with E-state index < -0.39 is 55.0 Å². The second-order valence-corrected chi connectivity index (χ2v) is 6.91. The highest BCUT2D eigenvalue weighted by molar-refractivity contribution is 5.98. The van der Waals surface area contributed by atoms with Crippen LogP contribution < -0.4 is 5.32 Å². The molecule has 0 saturated carbocycles. The number of carbonyl (C=O) groups excluding carboxylic acids is 2. The number of hydrogen-bond donors (Lipinski definition) is 5. The highest BCUT2D eigenvalue weighted by Crippen LogP contribution is 2.39. The molecule has 2 aliphatic heterocycles. The van der Waals surface area contributed by atoms with E-state index in [0.717, 1.165) is 0 Å². The molecule has 0 spiro atoms. The summed E-state index contributed by atoms with van der Waals surface area (Å²) in [4.78, 5) is 25.4. The molecule has 0 aromatic rings.